The second-order valence-electron chi connectivity index (χ2n) is 9.97. The van der Waals surface area contributed by atoms with E-state index in [9.17, 15) is 28.0 Å². The number of carbonyl (C=O) groups excluding carboxylic acids is 2. The molecule has 0 N–H and O–H groups in total. The molecule has 2 aromatic rings. The van der Waals surface area contributed by atoms with E-state index >= 15 is 0 Å². The first-order valence-electron chi connectivity index (χ1n) is 12.5. The van der Waals surface area contributed by atoms with Gasteiger partial charge in [-0.1, -0.05) is 69.1 Å². The molecule has 2 aliphatic heterocycles. The van der Waals surface area contributed by atoms with Crippen LogP contribution < -0.4 is 4.90 Å². The molecule has 0 radical (unpaired) electrons. The van der Waals surface area contributed by atoms with Crippen LogP contribution in [0.15, 0.2) is 83.1 Å². The maximum Gasteiger partial charge on any atom is 0.418 e. The molecule has 0 spiro atoms. The zero-order valence-electron chi connectivity index (χ0n) is 21.8. The van der Waals surface area contributed by atoms with Crippen molar-refractivity contribution in [2.75, 3.05) is 11.4 Å². The molecular weight excluding hydrogens is 527 g/mol. The van der Waals surface area contributed by atoms with Crippen LogP contribution in [0.5, 0.6) is 0 Å². The van der Waals surface area contributed by atoms with Gasteiger partial charge in [-0.15, -0.1) is 0 Å². The minimum Gasteiger partial charge on any atom is -0.344 e. The fraction of sp³-hybridized carbons (Fsp3) is 0.300. The first-order valence-corrected chi connectivity index (χ1v) is 12.9. The van der Waals surface area contributed by atoms with E-state index in [0.29, 0.717) is 27.7 Å². The Labute approximate surface area is 230 Å². The molecule has 202 valence electrons. The molecule has 0 fully saturated rings. The second-order valence-corrected chi connectivity index (χ2v) is 10.4. The molecule has 0 saturated heterocycles. The molecule has 2 aromatic carbocycles. The summed E-state index contributed by atoms with van der Waals surface area (Å²) in [6.45, 7) is 6.27. The highest BCUT2D eigenvalue weighted by molar-refractivity contribution is 6.30. The molecule has 0 atom stereocenters. The largest absolute Gasteiger partial charge is 0.418 e. The van der Waals surface area contributed by atoms with Gasteiger partial charge >= 0.3 is 6.18 Å². The monoisotopic (exact) mass is 553 g/mol. The topological polar surface area (TPSA) is 64.4 Å². The molecular formula is C30H27ClF3N3O2. The first kappa shape index (κ1) is 28.2. The van der Waals surface area contributed by atoms with Crippen LogP contribution in [0, 0.1) is 11.3 Å². The van der Waals surface area contributed by atoms with Gasteiger partial charge in [-0.3, -0.25) is 14.5 Å². The van der Waals surface area contributed by atoms with E-state index in [1.54, 1.807) is 36.4 Å². The smallest absolute Gasteiger partial charge is 0.344 e. The van der Waals surface area contributed by atoms with Crippen LogP contribution in [0.3, 0.4) is 0 Å². The van der Waals surface area contributed by atoms with Gasteiger partial charge in [0.1, 0.15) is 11.6 Å². The van der Waals surface area contributed by atoms with Crippen molar-refractivity contribution in [1.29, 1.82) is 5.26 Å². The van der Waals surface area contributed by atoms with Crippen molar-refractivity contribution in [3.63, 3.8) is 0 Å². The van der Waals surface area contributed by atoms with E-state index in [-0.39, 0.29) is 6.54 Å². The van der Waals surface area contributed by atoms with E-state index in [1.807, 2.05) is 37.8 Å². The zero-order valence-corrected chi connectivity index (χ0v) is 22.5. The van der Waals surface area contributed by atoms with Crippen molar-refractivity contribution >= 4 is 29.1 Å². The molecule has 2 heterocycles. The highest BCUT2D eigenvalue weighted by Gasteiger charge is 2.49. The Morgan fingerprint density at radius 2 is 1.72 bits per heavy atom. The Bertz CT molecular complexity index is 1450. The van der Waals surface area contributed by atoms with E-state index in [1.165, 1.54) is 12.1 Å². The number of amides is 2. The number of fused-ring (bicyclic) bond motifs is 1. The lowest BCUT2D eigenvalue weighted by Gasteiger charge is -2.30. The number of unbranched alkanes of at least 4 members (excludes halogenated alkanes) is 1. The average molecular weight is 554 g/mol. The molecule has 2 amide bonds. The number of nitriles is 1. The zero-order chi connectivity index (χ0) is 28.5. The number of imide groups is 1. The minimum absolute atomic E-state index is 0.263. The minimum atomic E-state index is -5.09. The van der Waals surface area contributed by atoms with Gasteiger partial charge in [-0.25, -0.2) is 0 Å². The van der Waals surface area contributed by atoms with Gasteiger partial charge in [0, 0.05) is 28.4 Å². The standard InChI is InChI=1S/C30H27ClF3N3O2/c1-4-5-15-36-24-13-11-20(31)16-23(24)29(2,3)25(36)14-12-21-26(30(32,33)34)22(17-35)28(39)37(27(21)38)18-19-9-7-6-8-10-19/h6-14,16H,4-5,15,18H2,1-3H3/b21-12+,25-14-. The Morgan fingerprint density at radius 3 is 2.33 bits per heavy atom. The van der Waals surface area contributed by atoms with Crippen LogP contribution >= 0.6 is 11.6 Å². The van der Waals surface area contributed by atoms with Gasteiger partial charge in [0.15, 0.2) is 0 Å². The number of nitrogens with zero attached hydrogens (tertiary/aromatic N) is 3. The van der Waals surface area contributed by atoms with Gasteiger partial charge in [0.2, 0.25) is 0 Å². The SMILES string of the molecule is CCCCN1/C(=C\C=C2\C(=O)N(Cc3ccccc3)C(=O)C(C#N)=C2C(F)(F)F)C(C)(C)c2cc(Cl)ccc21. The number of benzene rings is 2. The summed E-state index contributed by atoms with van der Waals surface area (Å²) in [5.41, 5.74) is -0.980. The normalized spacial score (nSPS) is 19.2. The fourth-order valence-electron chi connectivity index (χ4n) is 5.05. The van der Waals surface area contributed by atoms with Crippen LogP contribution in [0.2, 0.25) is 5.02 Å². The predicted molar refractivity (Wildman–Crippen MR) is 144 cm³/mol. The third-order valence-electron chi connectivity index (χ3n) is 7.03. The van der Waals surface area contributed by atoms with Crippen LogP contribution in [-0.4, -0.2) is 29.4 Å². The number of anilines is 1. The van der Waals surface area contributed by atoms with Crippen molar-refractivity contribution < 1.29 is 22.8 Å². The Morgan fingerprint density at radius 1 is 1.03 bits per heavy atom. The second kappa shape index (κ2) is 10.7. The molecule has 0 saturated carbocycles. The summed E-state index contributed by atoms with van der Waals surface area (Å²) in [6, 6.07) is 15.3. The summed E-state index contributed by atoms with van der Waals surface area (Å²) in [5, 5.41) is 10.1. The van der Waals surface area contributed by atoms with Crippen molar-refractivity contribution in [2.45, 2.75) is 51.7 Å². The van der Waals surface area contributed by atoms with E-state index in [4.69, 9.17) is 11.6 Å². The van der Waals surface area contributed by atoms with Gasteiger partial charge in [-0.05, 0) is 47.9 Å². The number of halogens is 4. The van der Waals surface area contributed by atoms with Crippen molar-refractivity contribution in [3.8, 4) is 6.07 Å². The molecule has 5 nitrogen and oxygen atoms in total. The number of allylic oxidation sites excluding steroid dienone is 3. The Kier molecular flexibility index (Phi) is 7.76. The summed E-state index contributed by atoms with van der Waals surface area (Å²) in [4.78, 5) is 29.1. The van der Waals surface area contributed by atoms with Gasteiger partial charge < -0.3 is 4.90 Å². The fourth-order valence-corrected chi connectivity index (χ4v) is 5.22. The van der Waals surface area contributed by atoms with Crippen LogP contribution in [0.4, 0.5) is 18.9 Å². The van der Waals surface area contributed by atoms with E-state index in [2.05, 4.69) is 0 Å². The lowest BCUT2D eigenvalue weighted by atomic mass is 9.83. The maximum absolute atomic E-state index is 14.3. The summed E-state index contributed by atoms with van der Waals surface area (Å²) in [7, 11) is 0. The van der Waals surface area contributed by atoms with Crippen molar-refractivity contribution in [2.24, 2.45) is 0 Å². The molecule has 9 heteroatoms. The quantitative estimate of drug-likeness (QED) is 0.285. The van der Waals surface area contributed by atoms with Crippen LogP contribution in [0.25, 0.3) is 0 Å². The predicted octanol–water partition coefficient (Wildman–Crippen LogP) is 7.00. The lowest BCUT2D eigenvalue weighted by molar-refractivity contribution is -0.144. The van der Waals surface area contributed by atoms with Crippen LogP contribution in [-0.2, 0) is 21.5 Å². The Hall–Kier alpha value is -3.83. The molecule has 0 aromatic heterocycles. The number of carbonyl (C=O) groups is 2. The van der Waals surface area contributed by atoms with E-state index in [0.717, 1.165) is 30.2 Å². The molecule has 0 unspecified atom stereocenters. The summed E-state index contributed by atoms with van der Waals surface area (Å²) in [6.07, 6.45) is -0.778. The number of hydrogen-bond donors (Lipinski definition) is 0. The van der Waals surface area contributed by atoms with Crippen molar-refractivity contribution in [3.05, 3.63) is 99.2 Å². The van der Waals surface area contributed by atoms with Crippen LogP contribution in [0.1, 0.15) is 44.7 Å². The number of rotatable bonds is 6. The average Bonchev–Trinajstić information content (AvgIpc) is 3.09. The highest BCUT2D eigenvalue weighted by atomic mass is 35.5. The van der Waals surface area contributed by atoms with Gasteiger partial charge in [0.25, 0.3) is 11.8 Å². The summed E-state index contributed by atoms with van der Waals surface area (Å²) in [5.74, 6) is -2.38. The maximum atomic E-state index is 14.3. The molecule has 39 heavy (non-hydrogen) atoms. The first-order chi connectivity index (χ1) is 18.4. The number of alkyl halides is 3. The molecule has 2 aliphatic rings. The molecule has 4 rings (SSSR count). The lowest BCUT2D eigenvalue weighted by Crippen LogP contribution is -2.44. The van der Waals surface area contributed by atoms with Gasteiger partial charge in [-0.2, -0.15) is 18.4 Å². The molecule has 0 bridgehead atoms. The third kappa shape index (κ3) is 5.24. The third-order valence-corrected chi connectivity index (χ3v) is 7.26. The summed E-state index contributed by atoms with van der Waals surface area (Å²) >= 11 is 6.27. The van der Waals surface area contributed by atoms with E-state index < -0.39 is 40.1 Å². The van der Waals surface area contributed by atoms with Crippen molar-refractivity contribution in [1.82, 2.24) is 4.90 Å². The number of hydrogen-bond acceptors (Lipinski definition) is 4. The highest BCUT2D eigenvalue weighted by Crippen LogP contribution is 2.49. The molecule has 0 aliphatic carbocycles. The van der Waals surface area contributed by atoms with Gasteiger partial charge in [0.05, 0.1) is 17.7 Å². The summed E-state index contributed by atoms with van der Waals surface area (Å²) < 4.78 is 42.8. The Balaban J connectivity index is 1.89.